The highest BCUT2D eigenvalue weighted by Crippen LogP contribution is 2.13. The summed E-state index contributed by atoms with van der Waals surface area (Å²) in [6.07, 6.45) is 12.6. The fourth-order valence-corrected chi connectivity index (χ4v) is 1.66. The molecule has 0 spiro atoms. The number of ether oxygens (including phenoxy) is 1. The lowest BCUT2D eigenvalue weighted by molar-refractivity contribution is 0.337. The first-order valence-corrected chi connectivity index (χ1v) is 8.73. The molecular formula is C20H31N7O. The van der Waals surface area contributed by atoms with E-state index in [0.29, 0.717) is 0 Å². The number of benzene rings is 1. The predicted octanol–water partition coefficient (Wildman–Crippen LogP) is 3.20. The number of hydrogen-bond acceptors (Lipinski definition) is 6. The van der Waals surface area contributed by atoms with Crippen molar-refractivity contribution >= 4 is 0 Å². The molecular weight excluding hydrogens is 354 g/mol. The van der Waals surface area contributed by atoms with Gasteiger partial charge in [0.15, 0.2) is 0 Å². The molecule has 0 atom stereocenters. The second kappa shape index (κ2) is 17.0. The van der Waals surface area contributed by atoms with E-state index in [1.807, 2.05) is 89.9 Å². The van der Waals surface area contributed by atoms with Crippen LogP contribution in [0.3, 0.4) is 0 Å². The van der Waals surface area contributed by atoms with Crippen molar-refractivity contribution in [2.24, 2.45) is 14.1 Å². The third-order valence-corrected chi connectivity index (χ3v) is 2.82. The summed E-state index contributed by atoms with van der Waals surface area (Å²) in [5.74, 6) is 0. The van der Waals surface area contributed by atoms with Crippen molar-refractivity contribution in [3.05, 3.63) is 73.5 Å². The molecule has 152 valence electrons. The van der Waals surface area contributed by atoms with Gasteiger partial charge in [-0.05, 0) is 20.0 Å². The van der Waals surface area contributed by atoms with Crippen LogP contribution in [0, 0.1) is 0 Å². The van der Waals surface area contributed by atoms with Gasteiger partial charge in [0, 0.05) is 32.9 Å². The number of methoxy groups -OCH3 is 1. The van der Waals surface area contributed by atoms with Gasteiger partial charge in [-0.15, -0.1) is 10.2 Å². The minimum absolute atomic E-state index is 0.915. The first kappa shape index (κ1) is 24.6. The summed E-state index contributed by atoms with van der Waals surface area (Å²) in [5, 5.41) is 17.8. The van der Waals surface area contributed by atoms with E-state index >= 15 is 0 Å². The van der Waals surface area contributed by atoms with Crippen molar-refractivity contribution in [3.8, 4) is 11.3 Å². The minimum Gasteiger partial charge on any atom is -0.505 e. The Labute approximate surface area is 167 Å². The summed E-state index contributed by atoms with van der Waals surface area (Å²) in [6, 6.07) is 10.0. The maximum absolute atomic E-state index is 4.51. The minimum atomic E-state index is 0.915. The van der Waals surface area contributed by atoms with E-state index in [1.54, 1.807) is 35.1 Å². The van der Waals surface area contributed by atoms with Crippen molar-refractivity contribution in [2.45, 2.75) is 13.8 Å². The Morgan fingerprint density at radius 1 is 1.00 bits per heavy atom. The zero-order valence-electron chi connectivity index (χ0n) is 17.5. The van der Waals surface area contributed by atoms with E-state index in [0.717, 1.165) is 11.3 Å². The maximum Gasteiger partial charge on any atom is 0.113 e. The fraction of sp³-hybridized carbons (Fsp3) is 0.300. The van der Waals surface area contributed by atoms with Gasteiger partial charge in [0.2, 0.25) is 0 Å². The topological polar surface area (TPSA) is 82.7 Å². The zero-order chi connectivity index (χ0) is 21.0. The molecule has 0 aliphatic rings. The molecule has 1 N–H and O–H groups in total. The molecule has 0 radical (unpaired) electrons. The molecule has 0 fully saturated rings. The summed E-state index contributed by atoms with van der Waals surface area (Å²) < 4.78 is 7.85. The molecule has 0 saturated heterocycles. The molecule has 0 unspecified atom stereocenters. The van der Waals surface area contributed by atoms with E-state index in [9.17, 15) is 0 Å². The number of aryl methyl sites for hydroxylation is 2. The third-order valence-electron chi connectivity index (χ3n) is 2.82. The first-order chi connectivity index (χ1) is 13.6. The van der Waals surface area contributed by atoms with Crippen LogP contribution in [0.5, 0.6) is 0 Å². The van der Waals surface area contributed by atoms with E-state index < -0.39 is 0 Å². The quantitative estimate of drug-likeness (QED) is 0.697. The summed E-state index contributed by atoms with van der Waals surface area (Å²) in [5.41, 5.74) is 2.02. The monoisotopic (exact) mass is 385 g/mol. The van der Waals surface area contributed by atoms with E-state index in [1.165, 1.54) is 0 Å². The average molecular weight is 386 g/mol. The van der Waals surface area contributed by atoms with Crippen LogP contribution in [0.2, 0.25) is 0 Å². The molecule has 1 aromatic carbocycles. The molecule has 0 aliphatic carbocycles. The molecule has 2 aromatic heterocycles. The largest absolute Gasteiger partial charge is 0.505 e. The number of nitrogens with one attached hydrogen (secondary N) is 1. The van der Waals surface area contributed by atoms with Crippen molar-refractivity contribution in [2.75, 3.05) is 14.2 Å². The molecule has 28 heavy (non-hydrogen) atoms. The maximum atomic E-state index is 4.51. The van der Waals surface area contributed by atoms with Gasteiger partial charge in [-0.3, -0.25) is 9.36 Å². The molecule has 0 aliphatic heterocycles. The van der Waals surface area contributed by atoms with Crippen LogP contribution < -0.4 is 5.32 Å². The molecule has 2 heterocycles. The van der Waals surface area contributed by atoms with E-state index in [-0.39, 0.29) is 0 Å². The molecule has 8 nitrogen and oxygen atoms in total. The lowest BCUT2D eigenvalue weighted by atomic mass is 10.2. The van der Waals surface area contributed by atoms with Gasteiger partial charge in [-0.25, -0.2) is 0 Å². The number of aromatic nitrogens is 6. The molecule has 8 heteroatoms. The van der Waals surface area contributed by atoms with Gasteiger partial charge >= 0.3 is 0 Å². The first-order valence-electron chi connectivity index (χ1n) is 8.73. The summed E-state index contributed by atoms with van der Waals surface area (Å²) in [4.78, 5) is 0. The molecule has 0 bridgehead atoms. The van der Waals surface area contributed by atoms with Gasteiger partial charge < -0.3 is 10.1 Å². The van der Waals surface area contributed by atoms with Crippen LogP contribution in [-0.2, 0) is 18.8 Å². The van der Waals surface area contributed by atoms with Crippen LogP contribution in [0.1, 0.15) is 13.8 Å². The second-order valence-corrected chi connectivity index (χ2v) is 5.21. The van der Waals surface area contributed by atoms with Crippen molar-refractivity contribution in [1.29, 1.82) is 0 Å². The smallest absolute Gasteiger partial charge is 0.113 e. The second-order valence-electron chi connectivity index (χ2n) is 5.21. The highest BCUT2D eigenvalue weighted by Gasteiger charge is 1.99. The lowest BCUT2D eigenvalue weighted by Crippen LogP contribution is -1.89. The SMILES string of the molecule is CC=CNC.CC=COC.Cn1cc(-c2ccccc2)nn1.Cn1ccnn1. The van der Waals surface area contributed by atoms with Crippen LogP contribution in [0.15, 0.2) is 73.5 Å². The van der Waals surface area contributed by atoms with Crippen molar-refractivity contribution < 1.29 is 4.74 Å². The van der Waals surface area contributed by atoms with Crippen molar-refractivity contribution in [1.82, 2.24) is 35.3 Å². The standard InChI is InChI=1S/C9H9N3.C4H9N.C4H8O.C3H5N3/c1-12-7-9(10-11-12)8-5-3-2-4-6-8;2*1-3-4-5-2;1-6-3-2-4-5-6/h2-7H,1H3;3-5H,1-2H3;3-4H,1-2H3;2-3H,1H3. The highest BCUT2D eigenvalue weighted by molar-refractivity contribution is 5.56. The average Bonchev–Trinajstić information content (AvgIpc) is 3.36. The number of hydrogen-bond donors (Lipinski definition) is 1. The zero-order valence-corrected chi connectivity index (χ0v) is 17.5. The van der Waals surface area contributed by atoms with Crippen molar-refractivity contribution in [3.63, 3.8) is 0 Å². The van der Waals surface area contributed by atoms with Crippen LogP contribution in [-0.4, -0.2) is 44.1 Å². The summed E-state index contributed by atoms with van der Waals surface area (Å²) in [7, 11) is 7.19. The van der Waals surface area contributed by atoms with Crippen LogP contribution >= 0.6 is 0 Å². The van der Waals surface area contributed by atoms with Gasteiger partial charge in [0.05, 0.1) is 25.8 Å². The van der Waals surface area contributed by atoms with Gasteiger partial charge in [-0.2, -0.15) is 0 Å². The van der Waals surface area contributed by atoms with E-state index in [4.69, 9.17) is 0 Å². The van der Waals surface area contributed by atoms with Crippen LogP contribution in [0.25, 0.3) is 11.3 Å². The Morgan fingerprint density at radius 2 is 1.71 bits per heavy atom. The number of nitrogens with zero attached hydrogens (tertiary/aromatic N) is 6. The number of rotatable bonds is 3. The Hall–Kier alpha value is -3.42. The Morgan fingerprint density at radius 3 is 2.00 bits per heavy atom. The van der Waals surface area contributed by atoms with Gasteiger partial charge in [-0.1, -0.05) is 52.9 Å². The van der Waals surface area contributed by atoms with Crippen LogP contribution in [0.4, 0.5) is 0 Å². The van der Waals surface area contributed by atoms with E-state index in [2.05, 4.69) is 30.7 Å². The van der Waals surface area contributed by atoms with Gasteiger partial charge in [0.25, 0.3) is 0 Å². The van der Waals surface area contributed by atoms with Gasteiger partial charge in [0.1, 0.15) is 5.69 Å². The Balaban J connectivity index is 0.000000387. The Kier molecular flexibility index (Phi) is 14.9. The fourth-order valence-electron chi connectivity index (χ4n) is 1.66. The Bertz CT molecular complexity index is 738. The normalized spacial score (nSPS) is 9.50. The molecule has 3 aromatic rings. The third kappa shape index (κ3) is 12.9. The number of allylic oxidation sites excluding steroid dienone is 2. The highest BCUT2D eigenvalue weighted by atomic mass is 16.5. The molecule has 0 amide bonds. The summed E-state index contributed by atoms with van der Waals surface area (Å²) >= 11 is 0. The predicted molar refractivity (Wildman–Crippen MR) is 113 cm³/mol. The lowest BCUT2D eigenvalue weighted by Gasteiger charge is -1.91. The summed E-state index contributed by atoms with van der Waals surface area (Å²) in [6.45, 7) is 3.88. The molecule has 0 saturated carbocycles. The molecule has 3 rings (SSSR count).